The molecule has 0 saturated heterocycles. The van der Waals surface area contributed by atoms with Crippen LogP contribution in [-0.4, -0.2) is 29.2 Å². The SMILES string of the molecule is COc1c(Cl)cccc1C(O)C(O)CS. The molecule has 2 atom stereocenters. The molecule has 3 nitrogen and oxygen atoms in total. The fraction of sp³-hybridized carbons (Fsp3) is 0.400. The number of para-hydroxylation sites is 1. The van der Waals surface area contributed by atoms with Crippen LogP contribution in [0.4, 0.5) is 0 Å². The van der Waals surface area contributed by atoms with E-state index in [0.29, 0.717) is 16.3 Å². The van der Waals surface area contributed by atoms with Gasteiger partial charge in [-0.25, -0.2) is 0 Å². The van der Waals surface area contributed by atoms with Crippen molar-refractivity contribution < 1.29 is 14.9 Å². The second kappa shape index (κ2) is 5.61. The highest BCUT2D eigenvalue weighted by Crippen LogP contribution is 2.33. The van der Waals surface area contributed by atoms with Gasteiger partial charge in [-0.15, -0.1) is 0 Å². The lowest BCUT2D eigenvalue weighted by atomic mass is 10.0. The predicted octanol–water partition coefficient (Wildman–Crippen LogP) is 1.67. The van der Waals surface area contributed by atoms with Crippen molar-refractivity contribution in [2.75, 3.05) is 12.9 Å². The van der Waals surface area contributed by atoms with Gasteiger partial charge in [0.15, 0.2) is 0 Å². The molecule has 0 amide bonds. The summed E-state index contributed by atoms with van der Waals surface area (Å²) >= 11 is 9.80. The summed E-state index contributed by atoms with van der Waals surface area (Å²) in [6.07, 6.45) is -1.99. The van der Waals surface area contributed by atoms with Crippen molar-refractivity contribution in [3.8, 4) is 5.75 Å². The van der Waals surface area contributed by atoms with Crippen molar-refractivity contribution in [2.24, 2.45) is 0 Å². The first kappa shape index (κ1) is 12.6. The second-order valence-electron chi connectivity index (χ2n) is 3.06. The summed E-state index contributed by atoms with van der Waals surface area (Å²) in [6, 6.07) is 5.00. The first-order valence-electron chi connectivity index (χ1n) is 4.41. The molecule has 15 heavy (non-hydrogen) atoms. The highest BCUT2D eigenvalue weighted by Gasteiger charge is 2.21. The fourth-order valence-corrected chi connectivity index (χ4v) is 1.74. The van der Waals surface area contributed by atoms with Crippen LogP contribution >= 0.6 is 24.2 Å². The van der Waals surface area contributed by atoms with Crippen LogP contribution in [-0.2, 0) is 0 Å². The molecule has 0 heterocycles. The van der Waals surface area contributed by atoms with E-state index in [9.17, 15) is 10.2 Å². The average molecular weight is 249 g/mol. The lowest BCUT2D eigenvalue weighted by Crippen LogP contribution is -2.20. The smallest absolute Gasteiger partial charge is 0.143 e. The summed E-state index contributed by atoms with van der Waals surface area (Å²) in [5.74, 6) is 0.545. The summed E-state index contributed by atoms with van der Waals surface area (Å²) in [6.45, 7) is 0. The van der Waals surface area contributed by atoms with Gasteiger partial charge in [0.25, 0.3) is 0 Å². The molecule has 84 valence electrons. The highest BCUT2D eigenvalue weighted by molar-refractivity contribution is 7.80. The molecule has 1 aromatic rings. The van der Waals surface area contributed by atoms with E-state index in [-0.39, 0.29) is 5.75 Å². The minimum Gasteiger partial charge on any atom is -0.495 e. The van der Waals surface area contributed by atoms with Crippen molar-refractivity contribution in [3.63, 3.8) is 0 Å². The molecule has 1 aromatic carbocycles. The number of methoxy groups -OCH3 is 1. The summed E-state index contributed by atoms with van der Waals surface area (Å²) < 4.78 is 5.06. The Morgan fingerprint density at radius 3 is 2.67 bits per heavy atom. The number of rotatable bonds is 4. The van der Waals surface area contributed by atoms with Gasteiger partial charge in [0.1, 0.15) is 11.9 Å². The van der Waals surface area contributed by atoms with Crippen molar-refractivity contribution in [2.45, 2.75) is 12.2 Å². The first-order chi connectivity index (χ1) is 7.11. The van der Waals surface area contributed by atoms with Crippen LogP contribution in [0.1, 0.15) is 11.7 Å². The third-order valence-corrected chi connectivity index (χ3v) is 2.74. The molecule has 2 unspecified atom stereocenters. The van der Waals surface area contributed by atoms with Gasteiger partial charge in [-0.3, -0.25) is 0 Å². The maximum atomic E-state index is 9.79. The van der Waals surface area contributed by atoms with Gasteiger partial charge in [-0.05, 0) is 6.07 Å². The summed E-state index contributed by atoms with van der Waals surface area (Å²) in [5, 5.41) is 19.7. The normalized spacial score (nSPS) is 14.7. The Morgan fingerprint density at radius 1 is 1.47 bits per heavy atom. The van der Waals surface area contributed by atoms with Crippen LogP contribution in [0.5, 0.6) is 5.75 Å². The Bertz CT molecular complexity index is 332. The molecule has 0 bridgehead atoms. The largest absolute Gasteiger partial charge is 0.495 e. The summed E-state index contributed by atoms with van der Waals surface area (Å²) in [4.78, 5) is 0. The number of thiol groups is 1. The molecule has 5 heteroatoms. The third kappa shape index (κ3) is 2.78. The van der Waals surface area contributed by atoms with Crippen molar-refractivity contribution in [3.05, 3.63) is 28.8 Å². The monoisotopic (exact) mass is 248 g/mol. The molecule has 0 saturated carbocycles. The van der Waals surface area contributed by atoms with Crippen LogP contribution < -0.4 is 4.74 Å². The first-order valence-corrected chi connectivity index (χ1v) is 5.42. The van der Waals surface area contributed by atoms with Crippen molar-refractivity contribution in [1.82, 2.24) is 0 Å². The standard InChI is InChI=1S/C10H13ClO3S/c1-14-10-6(3-2-4-7(10)11)9(13)8(12)5-15/h2-4,8-9,12-13,15H,5H2,1H3. The average Bonchev–Trinajstić information content (AvgIpc) is 2.26. The Morgan fingerprint density at radius 2 is 2.13 bits per heavy atom. The molecular weight excluding hydrogens is 236 g/mol. The molecular formula is C10H13ClO3S. The van der Waals surface area contributed by atoms with Crippen molar-refractivity contribution >= 4 is 24.2 Å². The van der Waals surface area contributed by atoms with Crippen LogP contribution in [0.15, 0.2) is 18.2 Å². The molecule has 0 radical (unpaired) electrons. The number of hydrogen-bond donors (Lipinski definition) is 3. The minimum absolute atomic E-state index is 0.164. The zero-order valence-electron chi connectivity index (χ0n) is 8.22. The van der Waals surface area contributed by atoms with E-state index >= 15 is 0 Å². The number of halogens is 1. The Kier molecular flexibility index (Phi) is 4.73. The maximum absolute atomic E-state index is 9.79. The van der Waals surface area contributed by atoms with Gasteiger partial charge >= 0.3 is 0 Å². The molecule has 0 aliphatic heterocycles. The lowest BCUT2D eigenvalue weighted by Gasteiger charge is -2.19. The van der Waals surface area contributed by atoms with E-state index in [4.69, 9.17) is 16.3 Å². The molecule has 0 spiro atoms. The minimum atomic E-state index is -1.05. The Labute approximate surface area is 99.1 Å². The molecule has 0 fully saturated rings. The highest BCUT2D eigenvalue weighted by atomic mass is 35.5. The molecule has 0 aromatic heterocycles. The van der Waals surface area contributed by atoms with E-state index in [1.54, 1.807) is 18.2 Å². The Hall–Kier alpha value is -0.420. The maximum Gasteiger partial charge on any atom is 0.143 e. The number of aliphatic hydroxyl groups excluding tert-OH is 2. The quantitative estimate of drug-likeness (QED) is 0.711. The topological polar surface area (TPSA) is 49.7 Å². The zero-order valence-corrected chi connectivity index (χ0v) is 9.87. The van der Waals surface area contributed by atoms with Crippen LogP contribution in [0, 0.1) is 0 Å². The number of benzene rings is 1. The summed E-state index contributed by atoms with van der Waals surface area (Å²) in [7, 11) is 1.46. The van der Waals surface area contributed by atoms with Gasteiger partial charge in [-0.2, -0.15) is 12.6 Å². The number of ether oxygens (including phenoxy) is 1. The molecule has 0 aliphatic rings. The van der Waals surface area contributed by atoms with Crippen LogP contribution in [0.3, 0.4) is 0 Å². The number of aliphatic hydroxyl groups is 2. The van der Waals surface area contributed by atoms with E-state index in [1.165, 1.54) is 7.11 Å². The second-order valence-corrected chi connectivity index (χ2v) is 3.83. The van der Waals surface area contributed by atoms with Gasteiger partial charge in [-0.1, -0.05) is 23.7 Å². The van der Waals surface area contributed by atoms with Crippen molar-refractivity contribution in [1.29, 1.82) is 0 Å². The van der Waals surface area contributed by atoms with E-state index in [1.807, 2.05) is 0 Å². The third-order valence-electron chi connectivity index (χ3n) is 2.07. The fourth-order valence-electron chi connectivity index (χ4n) is 1.28. The predicted molar refractivity (Wildman–Crippen MR) is 62.8 cm³/mol. The molecule has 0 aliphatic carbocycles. The van der Waals surface area contributed by atoms with E-state index < -0.39 is 12.2 Å². The van der Waals surface area contributed by atoms with Crippen LogP contribution in [0.25, 0.3) is 0 Å². The van der Waals surface area contributed by atoms with Crippen LogP contribution in [0.2, 0.25) is 5.02 Å². The lowest BCUT2D eigenvalue weighted by molar-refractivity contribution is 0.0322. The molecule has 2 N–H and O–H groups in total. The van der Waals surface area contributed by atoms with Gasteiger partial charge in [0, 0.05) is 11.3 Å². The number of hydrogen-bond acceptors (Lipinski definition) is 4. The van der Waals surface area contributed by atoms with Gasteiger partial charge in [0.05, 0.1) is 18.2 Å². The van der Waals surface area contributed by atoms with E-state index in [2.05, 4.69) is 12.6 Å². The molecule has 1 rings (SSSR count). The Balaban J connectivity index is 3.07. The van der Waals surface area contributed by atoms with Gasteiger partial charge < -0.3 is 14.9 Å². The summed E-state index contributed by atoms with van der Waals surface area (Å²) in [5.41, 5.74) is 0.464. The van der Waals surface area contributed by atoms with E-state index in [0.717, 1.165) is 0 Å². The van der Waals surface area contributed by atoms with Gasteiger partial charge in [0.2, 0.25) is 0 Å². The zero-order chi connectivity index (χ0) is 11.4.